The van der Waals surface area contributed by atoms with E-state index < -0.39 is 0 Å². The summed E-state index contributed by atoms with van der Waals surface area (Å²) in [4.78, 5) is 4.49. The average molecular weight is 328 g/mol. The number of para-hydroxylation sites is 2. The summed E-state index contributed by atoms with van der Waals surface area (Å²) < 4.78 is 17.3. The van der Waals surface area contributed by atoms with E-state index in [1.807, 2.05) is 43.3 Å². The first kappa shape index (κ1) is 16.6. The largest absolute Gasteiger partial charge is 0.493 e. The van der Waals surface area contributed by atoms with Gasteiger partial charge in [0.05, 0.1) is 13.7 Å². The Kier molecular flexibility index (Phi) is 5.54. The van der Waals surface area contributed by atoms with Gasteiger partial charge in [-0.25, -0.2) is 4.98 Å². The Labute approximate surface area is 143 Å². The maximum absolute atomic E-state index is 6.01. The summed E-state index contributed by atoms with van der Waals surface area (Å²) in [5, 5.41) is 3.41. The Hall–Kier alpha value is -2.27. The molecule has 0 saturated carbocycles. The highest BCUT2D eigenvalue weighted by atomic mass is 16.5. The van der Waals surface area contributed by atoms with Gasteiger partial charge in [-0.3, -0.25) is 0 Å². The van der Waals surface area contributed by atoms with E-state index in [-0.39, 0.29) is 0 Å². The fourth-order valence-corrected chi connectivity index (χ4v) is 2.78. The molecule has 1 N–H and O–H groups in total. The van der Waals surface area contributed by atoms with E-state index >= 15 is 0 Å². The number of nitrogens with one attached hydrogen (secondary N) is 1. The van der Waals surface area contributed by atoms with Gasteiger partial charge in [0.15, 0.2) is 17.2 Å². The number of hydrogen-bond acceptors (Lipinski definition) is 5. The molecule has 1 unspecified atom stereocenters. The van der Waals surface area contributed by atoms with Crippen molar-refractivity contribution in [2.24, 2.45) is 5.92 Å². The third kappa shape index (κ3) is 4.17. The minimum atomic E-state index is 0.475. The maximum Gasteiger partial charge on any atom is 0.262 e. The van der Waals surface area contributed by atoms with Crippen LogP contribution in [0.1, 0.15) is 18.5 Å². The highest BCUT2D eigenvalue weighted by Crippen LogP contribution is 2.35. The first-order valence-electron chi connectivity index (χ1n) is 8.38. The van der Waals surface area contributed by atoms with Crippen LogP contribution in [0.25, 0.3) is 0 Å². The Morgan fingerprint density at radius 2 is 1.96 bits per heavy atom. The van der Waals surface area contributed by atoms with Gasteiger partial charge in [-0.15, -0.1) is 0 Å². The van der Waals surface area contributed by atoms with Crippen molar-refractivity contribution < 1.29 is 14.2 Å². The number of nitrogens with zero attached hydrogens (tertiary/aromatic N) is 1. The summed E-state index contributed by atoms with van der Waals surface area (Å²) in [7, 11) is 1.62. The predicted octanol–water partition coefficient (Wildman–Crippen LogP) is 3.57. The Bertz CT molecular complexity index is 669. The Balaban J connectivity index is 1.75. The molecule has 5 nitrogen and oxygen atoms in total. The third-order valence-corrected chi connectivity index (χ3v) is 4.11. The van der Waals surface area contributed by atoms with Crippen molar-refractivity contribution in [3.05, 3.63) is 42.1 Å². The monoisotopic (exact) mass is 328 g/mol. The molecular weight excluding hydrogens is 304 g/mol. The molecular formula is C19H24N2O3. The van der Waals surface area contributed by atoms with Crippen molar-refractivity contribution in [3.8, 4) is 23.1 Å². The Morgan fingerprint density at radius 1 is 1.12 bits per heavy atom. The van der Waals surface area contributed by atoms with E-state index in [4.69, 9.17) is 14.2 Å². The SMILES string of the molecule is COc1ccccc1Oc1nc(C)ccc1OCC1CCCNC1. The minimum absolute atomic E-state index is 0.475. The summed E-state index contributed by atoms with van der Waals surface area (Å²) >= 11 is 0. The zero-order chi connectivity index (χ0) is 16.8. The maximum atomic E-state index is 6.01. The number of hydrogen-bond donors (Lipinski definition) is 1. The van der Waals surface area contributed by atoms with Gasteiger partial charge in [0, 0.05) is 18.2 Å². The topological polar surface area (TPSA) is 52.6 Å². The second-order valence-electron chi connectivity index (χ2n) is 6.03. The van der Waals surface area contributed by atoms with Gasteiger partial charge in [0.2, 0.25) is 0 Å². The van der Waals surface area contributed by atoms with Crippen LogP contribution in [0.4, 0.5) is 0 Å². The lowest BCUT2D eigenvalue weighted by atomic mass is 10.0. The lowest BCUT2D eigenvalue weighted by molar-refractivity contribution is 0.211. The van der Waals surface area contributed by atoms with Crippen LogP contribution in [0.2, 0.25) is 0 Å². The smallest absolute Gasteiger partial charge is 0.262 e. The highest BCUT2D eigenvalue weighted by molar-refractivity contribution is 5.44. The molecule has 0 spiro atoms. The number of pyridine rings is 1. The van der Waals surface area contributed by atoms with Gasteiger partial charge in [-0.1, -0.05) is 12.1 Å². The molecule has 1 fully saturated rings. The molecule has 1 atom stereocenters. The fraction of sp³-hybridized carbons (Fsp3) is 0.421. The van der Waals surface area contributed by atoms with Gasteiger partial charge >= 0.3 is 0 Å². The van der Waals surface area contributed by atoms with Crippen molar-refractivity contribution in [1.82, 2.24) is 10.3 Å². The molecule has 1 aliphatic heterocycles. The molecule has 128 valence electrons. The second kappa shape index (κ2) is 8.02. The first-order valence-corrected chi connectivity index (χ1v) is 8.38. The van der Waals surface area contributed by atoms with Gasteiger partial charge in [0.25, 0.3) is 5.88 Å². The average Bonchev–Trinajstić information content (AvgIpc) is 2.62. The summed E-state index contributed by atoms with van der Waals surface area (Å²) in [5.41, 5.74) is 0.881. The van der Waals surface area contributed by atoms with Crippen molar-refractivity contribution in [2.45, 2.75) is 19.8 Å². The molecule has 2 heterocycles. The molecule has 1 saturated heterocycles. The number of aromatic nitrogens is 1. The molecule has 3 rings (SSSR count). The first-order chi connectivity index (χ1) is 11.8. The number of rotatable bonds is 6. The van der Waals surface area contributed by atoms with Crippen LogP contribution >= 0.6 is 0 Å². The zero-order valence-corrected chi connectivity index (χ0v) is 14.2. The summed E-state index contributed by atoms with van der Waals surface area (Å²) in [5.74, 6) is 2.96. The van der Waals surface area contributed by atoms with Crippen molar-refractivity contribution >= 4 is 0 Å². The van der Waals surface area contributed by atoms with Gasteiger partial charge in [0.1, 0.15) is 0 Å². The van der Waals surface area contributed by atoms with Crippen molar-refractivity contribution in [1.29, 1.82) is 0 Å². The number of piperidine rings is 1. The molecule has 24 heavy (non-hydrogen) atoms. The van der Waals surface area contributed by atoms with Crippen LogP contribution in [0.15, 0.2) is 36.4 Å². The van der Waals surface area contributed by atoms with E-state index in [2.05, 4.69) is 10.3 Å². The molecule has 0 aliphatic carbocycles. The van der Waals surface area contributed by atoms with Crippen LogP contribution in [-0.2, 0) is 0 Å². The predicted molar refractivity (Wildman–Crippen MR) is 93.1 cm³/mol. The Morgan fingerprint density at radius 3 is 2.71 bits per heavy atom. The summed E-state index contributed by atoms with van der Waals surface area (Å²) in [6.45, 7) is 4.71. The van der Waals surface area contributed by atoms with Gasteiger partial charge < -0.3 is 19.5 Å². The molecule has 1 aliphatic rings. The molecule has 2 aromatic rings. The van der Waals surface area contributed by atoms with Crippen molar-refractivity contribution in [2.75, 3.05) is 26.8 Å². The fourth-order valence-electron chi connectivity index (χ4n) is 2.78. The normalized spacial score (nSPS) is 17.3. The lowest BCUT2D eigenvalue weighted by Crippen LogP contribution is -2.33. The van der Waals surface area contributed by atoms with Crippen LogP contribution in [0.5, 0.6) is 23.1 Å². The van der Waals surface area contributed by atoms with E-state index in [9.17, 15) is 0 Å². The number of aryl methyl sites for hydroxylation is 1. The number of ether oxygens (including phenoxy) is 3. The van der Waals surface area contributed by atoms with Crippen LogP contribution in [-0.4, -0.2) is 31.8 Å². The van der Waals surface area contributed by atoms with Crippen LogP contribution < -0.4 is 19.5 Å². The second-order valence-corrected chi connectivity index (χ2v) is 6.03. The summed E-state index contributed by atoms with van der Waals surface area (Å²) in [6, 6.07) is 11.4. The summed E-state index contributed by atoms with van der Waals surface area (Å²) in [6.07, 6.45) is 2.39. The van der Waals surface area contributed by atoms with E-state index in [1.165, 1.54) is 12.8 Å². The number of methoxy groups -OCH3 is 1. The molecule has 0 bridgehead atoms. The molecule has 0 amide bonds. The zero-order valence-electron chi connectivity index (χ0n) is 14.2. The van der Waals surface area contributed by atoms with Gasteiger partial charge in [-0.2, -0.15) is 0 Å². The lowest BCUT2D eigenvalue weighted by Gasteiger charge is -2.23. The van der Waals surface area contributed by atoms with Crippen LogP contribution in [0, 0.1) is 12.8 Å². The van der Waals surface area contributed by atoms with Gasteiger partial charge in [-0.05, 0) is 50.6 Å². The molecule has 0 radical (unpaired) electrons. The quantitative estimate of drug-likeness (QED) is 0.878. The highest BCUT2D eigenvalue weighted by Gasteiger charge is 2.16. The standard InChI is InChI=1S/C19H24N2O3/c1-14-9-10-18(23-13-15-6-5-11-20-12-15)19(21-14)24-17-8-4-3-7-16(17)22-2/h3-4,7-10,15,20H,5-6,11-13H2,1-2H3. The van der Waals surface area contributed by atoms with E-state index in [1.54, 1.807) is 7.11 Å². The van der Waals surface area contributed by atoms with E-state index in [0.717, 1.165) is 18.8 Å². The van der Waals surface area contributed by atoms with Crippen LogP contribution in [0.3, 0.4) is 0 Å². The molecule has 1 aromatic heterocycles. The minimum Gasteiger partial charge on any atom is -0.493 e. The number of benzene rings is 1. The van der Waals surface area contributed by atoms with E-state index in [0.29, 0.717) is 35.7 Å². The third-order valence-electron chi connectivity index (χ3n) is 4.11. The molecule has 1 aromatic carbocycles. The molecule has 5 heteroatoms. The van der Waals surface area contributed by atoms with Crippen molar-refractivity contribution in [3.63, 3.8) is 0 Å².